The van der Waals surface area contributed by atoms with Gasteiger partial charge in [-0.25, -0.2) is 9.40 Å². The lowest BCUT2D eigenvalue weighted by Crippen LogP contribution is -2.25. The fourth-order valence-corrected chi connectivity index (χ4v) is 2.71. The Morgan fingerprint density at radius 2 is 2.23 bits per heavy atom. The van der Waals surface area contributed by atoms with Crippen LogP contribution < -0.4 is 0 Å². The van der Waals surface area contributed by atoms with Crippen molar-refractivity contribution in [2.75, 3.05) is 13.1 Å². The highest BCUT2D eigenvalue weighted by atomic mass is 35.5. The molecule has 0 N–H and O–H groups in total. The lowest BCUT2D eigenvalue weighted by molar-refractivity contribution is 0.335. The fraction of sp³-hybridized carbons (Fsp3) is 0.556. The molecule has 0 spiro atoms. The Morgan fingerprint density at radius 1 is 1.54 bits per heavy atom. The highest BCUT2D eigenvalue weighted by Crippen LogP contribution is 2.30. The predicted molar refractivity (Wildman–Crippen MR) is 56.0 cm³/mol. The SMILES string of the molecule is [CH2]c1csc(C2CCN(Cl)CC2)n1. The minimum absolute atomic E-state index is 0.607. The van der Waals surface area contributed by atoms with E-state index in [9.17, 15) is 0 Å². The second-order valence-corrected chi connectivity index (χ2v) is 4.73. The van der Waals surface area contributed by atoms with Gasteiger partial charge in [0, 0.05) is 24.4 Å². The molecular formula is C9H12ClN2S. The van der Waals surface area contributed by atoms with Gasteiger partial charge in [-0.15, -0.1) is 11.3 Å². The number of halogens is 1. The third-order valence-electron chi connectivity index (χ3n) is 2.36. The zero-order valence-electron chi connectivity index (χ0n) is 7.37. The molecule has 0 aromatic carbocycles. The number of nitrogens with zero attached hydrogens (tertiary/aromatic N) is 2. The average molecular weight is 216 g/mol. The maximum atomic E-state index is 5.88. The molecule has 2 rings (SSSR count). The van der Waals surface area contributed by atoms with Gasteiger partial charge in [0.15, 0.2) is 0 Å². The van der Waals surface area contributed by atoms with E-state index in [1.165, 1.54) is 5.01 Å². The number of aromatic nitrogens is 1. The van der Waals surface area contributed by atoms with Crippen molar-refractivity contribution in [1.82, 2.24) is 9.40 Å². The normalized spacial score (nSPS) is 20.8. The first-order chi connectivity index (χ1) is 6.25. The van der Waals surface area contributed by atoms with Crippen LogP contribution in [0.25, 0.3) is 0 Å². The van der Waals surface area contributed by atoms with Gasteiger partial charge in [0.05, 0.1) is 10.7 Å². The van der Waals surface area contributed by atoms with E-state index in [1.807, 2.05) is 9.80 Å². The van der Waals surface area contributed by atoms with Crippen LogP contribution in [0.3, 0.4) is 0 Å². The smallest absolute Gasteiger partial charge is 0.0960 e. The molecule has 0 unspecified atom stereocenters. The minimum Gasteiger partial charge on any atom is -0.246 e. The van der Waals surface area contributed by atoms with E-state index >= 15 is 0 Å². The van der Waals surface area contributed by atoms with Crippen LogP contribution in [0.5, 0.6) is 0 Å². The summed E-state index contributed by atoms with van der Waals surface area (Å²) in [6, 6.07) is 0. The molecule has 71 valence electrons. The van der Waals surface area contributed by atoms with E-state index in [2.05, 4.69) is 11.9 Å². The van der Waals surface area contributed by atoms with Crippen LogP contribution in [0.2, 0.25) is 0 Å². The van der Waals surface area contributed by atoms with Gasteiger partial charge in [-0.2, -0.15) is 0 Å². The molecule has 1 aliphatic rings. The van der Waals surface area contributed by atoms with Crippen molar-refractivity contribution >= 4 is 23.1 Å². The summed E-state index contributed by atoms with van der Waals surface area (Å²) in [5, 5.41) is 3.25. The molecule has 0 aliphatic carbocycles. The lowest BCUT2D eigenvalue weighted by Gasteiger charge is -2.25. The number of hydrogen-bond acceptors (Lipinski definition) is 3. The lowest BCUT2D eigenvalue weighted by atomic mass is 9.99. The molecule has 2 nitrogen and oxygen atoms in total. The third kappa shape index (κ3) is 2.22. The third-order valence-corrected chi connectivity index (χ3v) is 3.75. The van der Waals surface area contributed by atoms with Gasteiger partial charge in [0.1, 0.15) is 0 Å². The zero-order chi connectivity index (χ0) is 9.26. The monoisotopic (exact) mass is 215 g/mol. The Labute approximate surface area is 87.7 Å². The van der Waals surface area contributed by atoms with Crippen LogP contribution in [0.1, 0.15) is 29.5 Å². The van der Waals surface area contributed by atoms with Crippen molar-refractivity contribution in [3.63, 3.8) is 0 Å². The molecule has 0 atom stereocenters. The first kappa shape index (κ1) is 9.44. The molecule has 1 aromatic heterocycles. The van der Waals surface area contributed by atoms with Gasteiger partial charge < -0.3 is 0 Å². The van der Waals surface area contributed by atoms with Gasteiger partial charge in [0.25, 0.3) is 0 Å². The maximum absolute atomic E-state index is 5.88. The Balaban J connectivity index is 2.02. The quantitative estimate of drug-likeness (QED) is 0.670. The predicted octanol–water partition coefficient (Wildman–Crippen LogP) is 2.66. The number of piperidine rings is 1. The van der Waals surface area contributed by atoms with Crippen molar-refractivity contribution in [2.24, 2.45) is 0 Å². The van der Waals surface area contributed by atoms with Crippen LogP contribution in [-0.4, -0.2) is 22.5 Å². The van der Waals surface area contributed by atoms with Gasteiger partial charge >= 0.3 is 0 Å². The summed E-state index contributed by atoms with van der Waals surface area (Å²) in [5.41, 5.74) is 0.897. The second kappa shape index (κ2) is 3.95. The maximum Gasteiger partial charge on any atom is 0.0960 e. The molecule has 0 amide bonds. The van der Waals surface area contributed by atoms with Crippen LogP contribution in [0, 0.1) is 6.92 Å². The summed E-state index contributed by atoms with van der Waals surface area (Å²) in [6.45, 7) is 5.75. The molecule has 13 heavy (non-hydrogen) atoms. The number of rotatable bonds is 1. The van der Waals surface area contributed by atoms with E-state index < -0.39 is 0 Å². The standard InChI is InChI=1S/C9H12ClN2S/c1-7-6-13-9(11-7)8-2-4-12(10)5-3-8/h6,8H,1-5H2. The van der Waals surface area contributed by atoms with Crippen molar-refractivity contribution in [2.45, 2.75) is 18.8 Å². The highest BCUT2D eigenvalue weighted by Gasteiger charge is 2.21. The molecule has 0 bridgehead atoms. The minimum atomic E-state index is 0.607. The van der Waals surface area contributed by atoms with E-state index in [1.54, 1.807) is 11.3 Å². The molecule has 2 heterocycles. The van der Waals surface area contributed by atoms with Crippen molar-refractivity contribution < 1.29 is 0 Å². The Morgan fingerprint density at radius 3 is 2.77 bits per heavy atom. The number of hydrogen-bond donors (Lipinski definition) is 0. The average Bonchev–Trinajstić information content (AvgIpc) is 2.53. The van der Waals surface area contributed by atoms with E-state index in [0.29, 0.717) is 5.92 Å². The molecule has 1 fully saturated rings. The Bertz CT molecular complexity index is 279. The van der Waals surface area contributed by atoms with Gasteiger partial charge in [-0.05, 0) is 31.5 Å². The highest BCUT2D eigenvalue weighted by molar-refractivity contribution is 7.09. The largest absolute Gasteiger partial charge is 0.246 e. The van der Waals surface area contributed by atoms with E-state index in [0.717, 1.165) is 31.6 Å². The summed E-state index contributed by atoms with van der Waals surface area (Å²) in [5.74, 6) is 0.607. The fourth-order valence-electron chi connectivity index (χ4n) is 1.61. The molecular weight excluding hydrogens is 204 g/mol. The molecule has 1 saturated heterocycles. The van der Waals surface area contributed by atoms with Crippen LogP contribution in [-0.2, 0) is 0 Å². The van der Waals surface area contributed by atoms with Crippen molar-refractivity contribution in [1.29, 1.82) is 0 Å². The first-order valence-corrected chi connectivity index (χ1v) is 5.65. The van der Waals surface area contributed by atoms with Crippen LogP contribution in [0.4, 0.5) is 0 Å². The summed E-state index contributed by atoms with van der Waals surface area (Å²) in [6.07, 6.45) is 2.24. The molecule has 1 aromatic rings. The second-order valence-electron chi connectivity index (χ2n) is 3.36. The zero-order valence-corrected chi connectivity index (χ0v) is 8.94. The Kier molecular flexibility index (Phi) is 2.86. The van der Waals surface area contributed by atoms with Crippen LogP contribution in [0.15, 0.2) is 5.38 Å². The first-order valence-electron chi connectivity index (χ1n) is 4.44. The van der Waals surface area contributed by atoms with Gasteiger partial charge in [0.2, 0.25) is 0 Å². The van der Waals surface area contributed by atoms with Crippen LogP contribution >= 0.6 is 23.1 Å². The van der Waals surface area contributed by atoms with E-state index in [-0.39, 0.29) is 0 Å². The van der Waals surface area contributed by atoms with Gasteiger partial charge in [-0.3, -0.25) is 0 Å². The molecule has 4 heteroatoms. The topological polar surface area (TPSA) is 16.1 Å². The number of thiazole rings is 1. The van der Waals surface area contributed by atoms with Crippen molar-refractivity contribution in [3.8, 4) is 0 Å². The Hall–Kier alpha value is -0.120. The summed E-state index contributed by atoms with van der Waals surface area (Å²) in [4.78, 5) is 4.41. The molecule has 0 saturated carbocycles. The molecule has 1 aliphatic heterocycles. The van der Waals surface area contributed by atoms with Gasteiger partial charge in [-0.1, -0.05) is 0 Å². The van der Waals surface area contributed by atoms with E-state index in [4.69, 9.17) is 11.8 Å². The molecule has 1 radical (unpaired) electrons. The summed E-state index contributed by atoms with van der Waals surface area (Å²) in [7, 11) is 0. The van der Waals surface area contributed by atoms with Crippen molar-refractivity contribution in [3.05, 3.63) is 23.0 Å². The summed E-state index contributed by atoms with van der Waals surface area (Å²) < 4.78 is 1.86. The summed E-state index contributed by atoms with van der Waals surface area (Å²) >= 11 is 7.60.